The number of carbonyl (C=O) groups excluding carboxylic acids is 2. The molecule has 2 aromatic rings. The van der Waals surface area contributed by atoms with Crippen LogP contribution in [-0.2, 0) is 18.3 Å². The fourth-order valence-electron chi connectivity index (χ4n) is 6.32. The molecule has 2 aliphatic carbocycles. The Bertz CT molecular complexity index is 1150. The molecule has 6 atom stereocenters. The van der Waals surface area contributed by atoms with E-state index < -0.39 is 6.10 Å². The Hall–Kier alpha value is -2.70. The summed E-state index contributed by atoms with van der Waals surface area (Å²) in [6, 6.07) is 5.69. The largest absolute Gasteiger partial charge is 0.392 e. The predicted molar refractivity (Wildman–Crippen MR) is 135 cm³/mol. The number of aromatic nitrogens is 2. The summed E-state index contributed by atoms with van der Waals surface area (Å²) < 4.78 is 1.78. The van der Waals surface area contributed by atoms with E-state index in [2.05, 4.69) is 25.2 Å². The summed E-state index contributed by atoms with van der Waals surface area (Å²) in [5.74, 6) is -0.667. The van der Waals surface area contributed by atoms with Crippen LogP contribution in [0.4, 0.5) is 5.13 Å². The van der Waals surface area contributed by atoms with E-state index in [1.807, 2.05) is 26.2 Å². The number of rotatable bonds is 6. The van der Waals surface area contributed by atoms with Crippen LogP contribution >= 0.6 is 11.3 Å². The van der Waals surface area contributed by atoms with E-state index in [9.17, 15) is 14.7 Å². The molecule has 2 aromatic heterocycles. The number of carbonyl (C=O) groups is 2. The molecule has 0 spiro atoms. The average Bonchev–Trinajstić information content (AvgIpc) is 3.41. The molecule has 0 saturated heterocycles. The number of nitrogens with zero attached hydrogens (tertiary/aromatic N) is 4. The number of hydrogen-bond acceptors (Lipinski definition) is 6. The lowest BCUT2D eigenvalue weighted by Gasteiger charge is -2.53. The van der Waals surface area contributed by atoms with Crippen molar-refractivity contribution in [2.75, 3.05) is 18.9 Å². The van der Waals surface area contributed by atoms with Crippen LogP contribution < -0.4 is 5.32 Å². The number of thiazole rings is 1. The quantitative estimate of drug-likeness (QED) is 0.631. The average molecular weight is 498 g/mol. The fourth-order valence-corrected chi connectivity index (χ4v) is 7.58. The number of hydrogen-bond donors (Lipinski definition) is 2. The maximum absolute atomic E-state index is 13.0. The number of nitriles is 1. The van der Waals surface area contributed by atoms with Crippen LogP contribution in [0.5, 0.6) is 0 Å². The van der Waals surface area contributed by atoms with Crippen molar-refractivity contribution in [1.82, 2.24) is 14.5 Å². The summed E-state index contributed by atoms with van der Waals surface area (Å²) >= 11 is 1.53. The van der Waals surface area contributed by atoms with Crippen molar-refractivity contribution in [2.24, 2.45) is 30.2 Å². The predicted octanol–water partition coefficient (Wildman–Crippen LogP) is 3.80. The Kier molecular flexibility index (Phi) is 7.07. The molecule has 1 saturated carbocycles. The highest BCUT2D eigenvalue weighted by molar-refractivity contribution is 7.15. The van der Waals surface area contributed by atoms with Gasteiger partial charge in [0, 0.05) is 43.5 Å². The van der Waals surface area contributed by atoms with Gasteiger partial charge in [-0.2, -0.15) is 5.26 Å². The monoisotopic (exact) mass is 497 g/mol. The van der Waals surface area contributed by atoms with Gasteiger partial charge in [-0.05, 0) is 48.6 Å². The van der Waals surface area contributed by atoms with Crippen LogP contribution in [0.15, 0.2) is 18.3 Å². The van der Waals surface area contributed by atoms with Crippen molar-refractivity contribution in [3.63, 3.8) is 0 Å². The highest BCUT2D eigenvalue weighted by Gasteiger charge is 2.54. The molecule has 1 fully saturated rings. The zero-order chi connectivity index (χ0) is 25.5. The van der Waals surface area contributed by atoms with Gasteiger partial charge in [0.2, 0.25) is 5.91 Å². The second-order valence-electron chi connectivity index (χ2n) is 10.6. The van der Waals surface area contributed by atoms with Gasteiger partial charge in [0.05, 0.1) is 24.3 Å². The summed E-state index contributed by atoms with van der Waals surface area (Å²) in [5, 5.41) is 24.0. The van der Waals surface area contributed by atoms with Crippen molar-refractivity contribution >= 4 is 28.3 Å². The van der Waals surface area contributed by atoms with Gasteiger partial charge in [-0.3, -0.25) is 14.9 Å². The van der Waals surface area contributed by atoms with Gasteiger partial charge in [0.15, 0.2) is 5.13 Å². The van der Waals surface area contributed by atoms with Crippen molar-refractivity contribution in [3.05, 3.63) is 34.6 Å². The second kappa shape index (κ2) is 9.75. The molecule has 0 bridgehead atoms. The standard InChI is InChI=1S/C26H35N5O3S/c1-15(24(34)31(5)13-7-11-27)17-9-10-26(3)14-19-21(16(2)20(26)22(17)32)28-25(35-19)29-23(33)18-8-6-12-30(18)4/h6,8,12,15-17,20,22,32H,7,9-10,13-14H2,1-5H3,(H,28,29,33). The topological polar surface area (TPSA) is 111 Å². The summed E-state index contributed by atoms with van der Waals surface area (Å²) in [6.45, 7) is 6.66. The minimum atomic E-state index is -0.622. The first-order valence-corrected chi connectivity index (χ1v) is 13.1. The molecular formula is C26H35N5O3S. The molecular weight excluding hydrogens is 462 g/mol. The summed E-state index contributed by atoms with van der Waals surface area (Å²) in [7, 11) is 3.56. The molecule has 35 heavy (non-hydrogen) atoms. The smallest absolute Gasteiger partial charge is 0.274 e. The lowest BCUT2D eigenvalue weighted by atomic mass is 9.53. The maximum Gasteiger partial charge on any atom is 0.274 e. The normalized spacial score (nSPS) is 28.4. The van der Waals surface area contributed by atoms with Crippen LogP contribution in [-0.4, -0.2) is 51.1 Å². The van der Waals surface area contributed by atoms with Crippen molar-refractivity contribution < 1.29 is 14.7 Å². The molecule has 2 amide bonds. The first-order chi connectivity index (χ1) is 16.6. The van der Waals surface area contributed by atoms with E-state index >= 15 is 0 Å². The number of amides is 2. The van der Waals surface area contributed by atoms with Gasteiger partial charge < -0.3 is 14.6 Å². The summed E-state index contributed by atoms with van der Waals surface area (Å²) in [6.07, 6.45) is 4.03. The highest BCUT2D eigenvalue weighted by Crippen LogP contribution is 2.57. The molecule has 0 aromatic carbocycles. The van der Waals surface area contributed by atoms with Crippen LogP contribution in [0.25, 0.3) is 0 Å². The first-order valence-electron chi connectivity index (χ1n) is 12.3. The van der Waals surface area contributed by atoms with E-state index in [0.29, 0.717) is 23.8 Å². The molecule has 4 rings (SSSR count). The van der Waals surface area contributed by atoms with Crippen molar-refractivity contribution in [3.8, 4) is 6.07 Å². The van der Waals surface area contributed by atoms with Gasteiger partial charge in [-0.25, -0.2) is 4.98 Å². The Morgan fingerprint density at radius 1 is 1.49 bits per heavy atom. The molecule has 2 aliphatic rings. The first kappa shape index (κ1) is 25.4. The number of anilines is 1. The van der Waals surface area contributed by atoms with Crippen LogP contribution in [0.3, 0.4) is 0 Å². The minimum absolute atomic E-state index is 0.0112. The van der Waals surface area contributed by atoms with Crippen LogP contribution in [0.1, 0.15) is 67.0 Å². The molecule has 6 unspecified atom stereocenters. The number of fused-ring (bicyclic) bond motifs is 2. The lowest BCUT2D eigenvalue weighted by Crippen LogP contribution is -2.53. The SMILES string of the molecule is CC(C(=O)N(C)CCC#N)C1CCC2(C)Cc3sc(NC(=O)c4cccn4C)nc3C(C)C2C1O. The fraction of sp³-hybridized carbons (Fsp3) is 0.615. The maximum atomic E-state index is 13.0. The molecule has 188 valence electrons. The van der Waals surface area contributed by atoms with Gasteiger partial charge in [-0.1, -0.05) is 20.8 Å². The molecule has 0 aliphatic heterocycles. The van der Waals surface area contributed by atoms with Gasteiger partial charge in [0.25, 0.3) is 5.91 Å². The Morgan fingerprint density at radius 3 is 2.89 bits per heavy atom. The third-order valence-electron chi connectivity index (χ3n) is 8.29. The van der Waals surface area contributed by atoms with Crippen molar-refractivity contribution in [2.45, 2.75) is 58.5 Å². The van der Waals surface area contributed by atoms with E-state index in [0.717, 1.165) is 25.0 Å². The third-order valence-corrected chi connectivity index (χ3v) is 9.27. The molecule has 2 N–H and O–H groups in total. The number of aryl methyl sites for hydroxylation is 1. The van der Waals surface area contributed by atoms with Gasteiger partial charge in [0.1, 0.15) is 5.69 Å². The van der Waals surface area contributed by atoms with E-state index in [-0.39, 0.29) is 40.9 Å². The Morgan fingerprint density at radius 2 is 2.23 bits per heavy atom. The summed E-state index contributed by atoms with van der Waals surface area (Å²) in [5.41, 5.74) is 1.43. The minimum Gasteiger partial charge on any atom is -0.392 e. The third kappa shape index (κ3) is 4.62. The second-order valence-corrected chi connectivity index (χ2v) is 11.7. The van der Waals surface area contributed by atoms with Crippen molar-refractivity contribution in [1.29, 1.82) is 5.26 Å². The number of aliphatic hydroxyl groups excluding tert-OH is 1. The highest BCUT2D eigenvalue weighted by atomic mass is 32.1. The van der Waals surface area contributed by atoms with E-state index in [4.69, 9.17) is 10.2 Å². The number of nitrogens with one attached hydrogen (secondary N) is 1. The molecule has 8 nitrogen and oxygen atoms in total. The van der Waals surface area contributed by atoms with E-state index in [1.54, 1.807) is 22.6 Å². The molecule has 0 radical (unpaired) electrons. The van der Waals surface area contributed by atoms with Crippen LogP contribution in [0.2, 0.25) is 0 Å². The van der Waals surface area contributed by atoms with Gasteiger partial charge >= 0.3 is 0 Å². The van der Waals surface area contributed by atoms with E-state index in [1.165, 1.54) is 16.2 Å². The van der Waals surface area contributed by atoms with Crippen LogP contribution in [0, 0.1) is 34.5 Å². The zero-order valence-electron chi connectivity index (χ0n) is 21.1. The van der Waals surface area contributed by atoms with Gasteiger partial charge in [-0.15, -0.1) is 11.3 Å². The summed E-state index contributed by atoms with van der Waals surface area (Å²) in [4.78, 5) is 33.3. The molecule has 2 heterocycles. The Labute approximate surface area is 211 Å². The lowest BCUT2D eigenvalue weighted by molar-refractivity contribution is -0.143. The Balaban J connectivity index is 1.53. The zero-order valence-corrected chi connectivity index (χ0v) is 21.9. The molecule has 9 heteroatoms. The number of aliphatic hydroxyl groups is 1.